The Labute approximate surface area is 165 Å². The highest BCUT2D eigenvalue weighted by Crippen LogP contribution is 2.36. The van der Waals surface area contributed by atoms with Crippen LogP contribution in [-0.4, -0.2) is 14.9 Å². The third-order valence-electron chi connectivity index (χ3n) is 4.68. The Bertz CT molecular complexity index is 752. The Morgan fingerprint density at radius 2 is 1.33 bits per heavy atom. The van der Waals surface area contributed by atoms with Gasteiger partial charge in [-0.1, -0.05) is 81.4 Å². The van der Waals surface area contributed by atoms with Crippen LogP contribution in [0.1, 0.15) is 46.5 Å². The second kappa shape index (κ2) is 10.1. The molecule has 3 heteroatoms. The van der Waals surface area contributed by atoms with Gasteiger partial charge in [-0.25, -0.2) is 0 Å². The number of rotatable bonds is 7. The van der Waals surface area contributed by atoms with Crippen LogP contribution >= 0.6 is 0 Å². The lowest BCUT2D eigenvalue weighted by molar-refractivity contribution is 0.306. The fraction of sp³-hybridized carbons (Fsp3) is 0.375. The van der Waals surface area contributed by atoms with Crippen LogP contribution in [0.2, 0.25) is 5.04 Å². The van der Waals surface area contributed by atoms with Gasteiger partial charge in [-0.15, -0.1) is 11.8 Å². The van der Waals surface area contributed by atoms with Crippen molar-refractivity contribution in [3.63, 3.8) is 0 Å². The van der Waals surface area contributed by atoms with Crippen LogP contribution < -0.4 is 10.4 Å². The molecule has 0 atom stereocenters. The third-order valence-corrected chi connectivity index (χ3v) is 9.72. The van der Waals surface area contributed by atoms with E-state index in [0.29, 0.717) is 13.0 Å². The lowest BCUT2D eigenvalue weighted by atomic mass is 10.2. The second-order valence-corrected chi connectivity index (χ2v) is 11.9. The molecule has 0 aliphatic rings. The van der Waals surface area contributed by atoms with E-state index in [9.17, 15) is 0 Å². The van der Waals surface area contributed by atoms with E-state index in [0.717, 1.165) is 19.3 Å². The highest BCUT2D eigenvalue weighted by molar-refractivity contribution is 6.99. The monoisotopic (exact) mass is 375 g/mol. The summed E-state index contributed by atoms with van der Waals surface area (Å²) < 4.78 is 6.78. The molecule has 0 radical (unpaired) electrons. The summed E-state index contributed by atoms with van der Waals surface area (Å²) in [6, 6.07) is 23.5. The summed E-state index contributed by atoms with van der Waals surface area (Å²) in [5, 5.41) is 11.2. The van der Waals surface area contributed by atoms with Crippen molar-refractivity contribution in [2.45, 2.75) is 51.5 Å². The Balaban J connectivity index is 2.26. The van der Waals surface area contributed by atoms with Crippen molar-refractivity contribution in [1.29, 1.82) is 5.26 Å². The van der Waals surface area contributed by atoms with Gasteiger partial charge in [0.05, 0.1) is 6.07 Å². The minimum Gasteiger partial charge on any atom is -0.406 e. The number of unbranched alkanes of at least 4 members (excludes halogenated alkanes) is 2. The molecule has 0 unspecified atom stereocenters. The van der Waals surface area contributed by atoms with Crippen molar-refractivity contribution < 1.29 is 4.43 Å². The van der Waals surface area contributed by atoms with Crippen LogP contribution in [0.25, 0.3) is 0 Å². The van der Waals surface area contributed by atoms with Gasteiger partial charge in [-0.05, 0) is 21.8 Å². The molecule has 0 heterocycles. The zero-order valence-electron chi connectivity index (χ0n) is 16.7. The fourth-order valence-corrected chi connectivity index (χ4v) is 8.01. The van der Waals surface area contributed by atoms with E-state index >= 15 is 0 Å². The maximum Gasteiger partial charge on any atom is 0.261 e. The number of benzene rings is 2. The molecule has 140 valence electrons. The van der Waals surface area contributed by atoms with Crippen LogP contribution in [0.4, 0.5) is 0 Å². The van der Waals surface area contributed by atoms with Crippen LogP contribution in [0.5, 0.6) is 0 Å². The maximum atomic E-state index is 8.58. The first-order valence-corrected chi connectivity index (χ1v) is 11.5. The Hall–Kier alpha value is -2.33. The standard InChI is InChI=1S/C24H29NOSi/c1-24(2,3)27(22-16-10-8-11-17-22,23-18-12-9-13-19-23)26-21-15-7-5-4-6-14-20-25/h8-13,16-19H,4,6,14-15,21H2,1-3H3. The molecule has 0 aliphatic heterocycles. The number of hydrogen-bond donors (Lipinski definition) is 0. The molecule has 2 aromatic carbocycles. The molecule has 27 heavy (non-hydrogen) atoms. The lowest BCUT2D eigenvalue weighted by Crippen LogP contribution is -2.66. The smallest absolute Gasteiger partial charge is 0.261 e. The van der Waals surface area contributed by atoms with Crippen molar-refractivity contribution >= 4 is 18.7 Å². The van der Waals surface area contributed by atoms with Gasteiger partial charge in [-0.3, -0.25) is 0 Å². The van der Waals surface area contributed by atoms with E-state index in [-0.39, 0.29) is 5.04 Å². The maximum absolute atomic E-state index is 8.58. The molecular formula is C24H29NOSi. The van der Waals surface area contributed by atoms with Gasteiger partial charge in [0.15, 0.2) is 0 Å². The third kappa shape index (κ3) is 5.33. The zero-order valence-corrected chi connectivity index (χ0v) is 17.7. The predicted octanol–water partition coefficient (Wildman–Crippen LogP) is 4.65. The minimum absolute atomic E-state index is 0.00404. The zero-order chi connectivity index (χ0) is 19.6. The minimum atomic E-state index is -2.44. The van der Waals surface area contributed by atoms with Crippen molar-refractivity contribution in [2.75, 3.05) is 6.61 Å². The first-order valence-electron chi connectivity index (χ1n) is 9.60. The molecule has 0 aromatic heterocycles. The van der Waals surface area contributed by atoms with E-state index < -0.39 is 8.32 Å². The topological polar surface area (TPSA) is 33.0 Å². The summed E-state index contributed by atoms with van der Waals surface area (Å²) >= 11 is 0. The van der Waals surface area contributed by atoms with Crippen molar-refractivity contribution in [3.05, 3.63) is 60.7 Å². The molecule has 0 amide bonds. The Morgan fingerprint density at radius 1 is 0.815 bits per heavy atom. The first kappa shape index (κ1) is 21.0. The Morgan fingerprint density at radius 3 is 1.81 bits per heavy atom. The average Bonchev–Trinajstić information content (AvgIpc) is 2.67. The summed E-state index contributed by atoms with van der Waals surface area (Å²) in [6.45, 7) is 7.48. The number of nitrogens with zero attached hydrogens (tertiary/aromatic N) is 1. The summed E-state index contributed by atoms with van der Waals surface area (Å²) in [7, 11) is -2.44. The van der Waals surface area contributed by atoms with Gasteiger partial charge >= 0.3 is 0 Å². The Kier molecular flexibility index (Phi) is 7.86. The largest absolute Gasteiger partial charge is 0.406 e. The molecule has 0 saturated carbocycles. The quantitative estimate of drug-likeness (QED) is 0.401. The summed E-state index contributed by atoms with van der Waals surface area (Å²) in [5.41, 5.74) is 0. The molecule has 2 aromatic rings. The van der Waals surface area contributed by atoms with Crippen LogP contribution in [0.15, 0.2) is 60.7 Å². The highest BCUT2D eigenvalue weighted by atomic mass is 28.4. The number of hydrogen-bond acceptors (Lipinski definition) is 2. The molecule has 2 rings (SSSR count). The van der Waals surface area contributed by atoms with E-state index in [2.05, 4.69) is 99.3 Å². The van der Waals surface area contributed by atoms with Gasteiger partial charge < -0.3 is 4.43 Å². The second-order valence-electron chi connectivity index (χ2n) is 7.63. The van der Waals surface area contributed by atoms with Crippen LogP contribution in [-0.2, 0) is 4.43 Å². The first-order chi connectivity index (χ1) is 13.0. The van der Waals surface area contributed by atoms with Gasteiger partial charge in [0.1, 0.15) is 0 Å². The normalized spacial score (nSPS) is 11.3. The summed E-state index contributed by atoms with van der Waals surface area (Å²) in [4.78, 5) is 0. The summed E-state index contributed by atoms with van der Waals surface area (Å²) in [6.07, 6.45) is 2.93. The molecule has 0 saturated heterocycles. The predicted molar refractivity (Wildman–Crippen MR) is 115 cm³/mol. The number of nitriles is 1. The van der Waals surface area contributed by atoms with Gasteiger partial charge in [0.25, 0.3) is 8.32 Å². The van der Waals surface area contributed by atoms with E-state index in [1.807, 2.05) is 0 Å². The molecule has 2 nitrogen and oxygen atoms in total. The molecular weight excluding hydrogens is 346 g/mol. The van der Waals surface area contributed by atoms with E-state index in [4.69, 9.17) is 9.69 Å². The van der Waals surface area contributed by atoms with Crippen LogP contribution in [0.3, 0.4) is 0 Å². The van der Waals surface area contributed by atoms with E-state index in [1.54, 1.807) is 0 Å². The average molecular weight is 376 g/mol. The van der Waals surface area contributed by atoms with Gasteiger partial charge in [-0.2, -0.15) is 5.26 Å². The summed E-state index contributed by atoms with van der Waals surface area (Å²) in [5.74, 6) is 6.37. The SMILES string of the molecule is CC(C)(C)[Si](OCCC#CCCCC#N)(c1ccccc1)c1ccccc1. The fourth-order valence-electron chi connectivity index (χ4n) is 3.45. The van der Waals surface area contributed by atoms with Gasteiger partial charge in [0.2, 0.25) is 0 Å². The van der Waals surface area contributed by atoms with Crippen molar-refractivity contribution in [3.8, 4) is 17.9 Å². The molecule has 0 N–H and O–H groups in total. The van der Waals surface area contributed by atoms with Crippen molar-refractivity contribution in [2.24, 2.45) is 0 Å². The molecule has 0 aliphatic carbocycles. The van der Waals surface area contributed by atoms with Gasteiger partial charge in [0, 0.05) is 25.9 Å². The van der Waals surface area contributed by atoms with E-state index in [1.165, 1.54) is 10.4 Å². The highest BCUT2D eigenvalue weighted by Gasteiger charge is 2.49. The molecule has 0 spiro atoms. The molecule has 0 bridgehead atoms. The molecule has 0 fully saturated rings. The lowest BCUT2D eigenvalue weighted by Gasteiger charge is -2.43. The van der Waals surface area contributed by atoms with Crippen LogP contribution in [0, 0.1) is 23.2 Å². The van der Waals surface area contributed by atoms with Crippen molar-refractivity contribution in [1.82, 2.24) is 0 Å².